The fraction of sp³-hybridized carbons (Fsp3) is 0.571. The molecule has 2 rings (SSSR count). The minimum Gasteiger partial charge on any atom is -0.495 e. The van der Waals surface area contributed by atoms with E-state index in [4.69, 9.17) is 4.74 Å². The van der Waals surface area contributed by atoms with Crippen LogP contribution in [0.2, 0.25) is 0 Å². The van der Waals surface area contributed by atoms with Crippen LogP contribution in [-0.2, 0) is 6.42 Å². The normalized spacial score (nSPS) is 19.2. The number of rotatable bonds is 2. The molecule has 2 nitrogen and oxygen atoms in total. The van der Waals surface area contributed by atoms with E-state index in [1.807, 2.05) is 0 Å². The Morgan fingerprint density at radius 2 is 2.12 bits per heavy atom. The quantitative estimate of drug-likeness (QED) is 0.824. The summed E-state index contributed by atoms with van der Waals surface area (Å²) in [7, 11) is 1.74. The number of benzene rings is 1. The first-order chi connectivity index (χ1) is 7.63. The first-order valence-electron chi connectivity index (χ1n) is 6.03. The van der Waals surface area contributed by atoms with Crippen molar-refractivity contribution in [1.29, 1.82) is 0 Å². The number of aryl methyl sites for hydroxylation is 1. The molecule has 0 spiro atoms. The third-order valence-electron chi connectivity index (χ3n) is 3.68. The summed E-state index contributed by atoms with van der Waals surface area (Å²) in [6, 6.07) is 4.21. The molecule has 0 saturated heterocycles. The van der Waals surface area contributed by atoms with Gasteiger partial charge in [0.15, 0.2) is 0 Å². The molecule has 0 radical (unpaired) electrons. The lowest BCUT2D eigenvalue weighted by Gasteiger charge is -2.31. The van der Waals surface area contributed by atoms with E-state index in [2.05, 4.69) is 38.2 Å². The van der Waals surface area contributed by atoms with Crippen molar-refractivity contribution in [1.82, 2.24) is 0 Å². The number of hydrogen-bond donors (Lipinski definition) is 1. The number of ether oxygens (including phenoxy) is 1. The largest absolute Gasteiger partial charge is 0.495 e. The van der Waals surface area contributed by atoms with Gasteiger partial charge in [0.2, 0.25) is 0 Å². The summed E-state index contributed by atoms with van der Waals surface area (Å²) in [5, 5.41) is 3.53. The van der Waals surface area contributed by atoms with Crippen molar-refractivity contribution >= 4 is 5.69 Å². The van der Waals surface area contributed by atoms with E-state index in [9.17, 15) is 0 Å². The van der Waals surface area contributed by atoms with E-state index >= 15 is 0 Å². The molecular formula is C14H21NO. The second kappa shape index (κ2) is 4.36. The summed E-state index contributed by atoms with van der Waals surface area (Å²) >= 11 is 0. The molecule has 16 heavy (non-hydrogen) atoms. The Balaban J connectivity index is 2.37. The maximum absolute atomic E-state index is 5.40. The van der Waals surface area contributed by atoms with Crippen LogP contribution in [-0.4, -0.2) is 13.7 Å². The van der Waals surface area contributed by atoms with Crippen LogP contribution in [0.1, 0.15) is 25.0 Å². The first-order valence-corrected chi connectivity index (χ1v) is 6.03. The maximum Gasteiger partial charge on any atom is 0.142 e. The van der Waals surface area contributed by atoms with Gasteiger partial charge in [-0.15, -0.1) is 0 Å². The number of nitrogens with one attached hydrogen (secondary N) is 1. The van der Waals surface area contributed by atoms with Crippen LogP contribution in [0.5, 0.6) is 5.75 Å². The van der Waals surface area contributed by atoms with Gasteiger partial charge in [-0.3, -0.25) is 0 Å². The van der Waals surface area contributed by atoms with E-state index in [-0.39, 0.29) is 0 Å². The van der Waals surface area contributed by atoms with Crippen LogP contribution in [0.3, 0.4) is 0 Å². The Morgan fingerprint density at radius 1 is 1.38 bits per heavy atom. The SMILES string of the molecule is COc1ccc(C)c2c1NCC(C(C)C)C2. The van der Waals surface area contributed by atoms with Crippen molar-refractivity contribution in [2.75, 3.05) is 19.0 Å². The number of fused-ring (bicyclic) bond motifs is 1. The summed E-state index contributed by atoms with van der Waals surface area (Å²) < 4.78 is 5.40. The van der Waals surface area contributed by atoms with Gasteiger partial charge in [-0.2, -0.15) is 0 Å². The predicted octanol–water partition coefficient (Wildman–Crippen LogP) is 3.24. The summed E-state index contributed by atoms with van der Waals surface area (Å²) in [5.74, 6) is 2.44. The van der Waals surface area contributed by atoms with E-state index in [1.165, 1.54) is 23.2 Å². The fourth-order valence-electron chi connectivity index (χ4n) is 2.40. The van der Waals surface area contributed by atoms with E-state index in [0.717, 1.165) is 24.1 Å². The van der Waals surface area contributed by atoms with Crippen LogP contribution in [0, 0.1) is 18.8 Å². The highest BCUT2D eigenvalue weighted by atomic mass is 16.5. The molecule has 88 valence electrons. The van der Waals surface area contributed by atoms with Crippen molar-refractivity contribution in [3.8, 4) is 5.75 Å². The average molecular weight is 219 g/mol. The van der Waals surface area contributed by atoms with Crippen molar-refractivity contribution < 1.29 is 4.74 Å². The lowest BCUT2D eigenvalue weighted by Crippen LogP contribution is -2.27. The molecule has 1 heterocycles. The molecule has 1 aromatic rings. The average Bonchev–Trinajstić information content (AvgIpc) is 2.29. The Hall–Kier alpha value is -1.18. The standard InChI is InChI=1S/C14H21NO/c1-9(2)11-7-12-10(3)5-6-13(16-4)14(12)15-8-11/h5-6,9,11,15H,7-8H2,1-4H3. The predicted molar refractivity (Wildman–Crippen MR) is 68.3 cm³/mol. The van der Waals surface area contributed by atoms with Gasteiger partial charge >= 0.3 is 0 Å². The molecule has 2 heteroatoms. The highest BCUT2D eigenvalue weighted by Crippen LogP contribution is 2.37. The molecule has 1 unspecified atom stereocenters. The van der Waals surface area contributed by atoms with Crippen molar-refractivity contribution in [3.05, 3.63) is 23.3 Å². The van der Waals surface area contributed by atoms with E-state index < -0.39 is 0 Å². The minimum absolute atomic E-state index is 0.728. The molecule has 0 aliphatic carbocycles. The Bertz CT molecular complexity index is 385. The molecule has 1 atom stereocenters. The van der Waals surface area contributed by atoms with Gasteiger partial charge in [-0.05, 0) is 42.4 Å². The highest BCUT2D eigenvalue weighted by Gasteiger charge is 2.24. The van der Waals surface area contributed by atoms with Gasteiger partial charge in [0.1, 0.15) is 5.75 Å². The van der Waals surface area contributed by atoms with Crippen LogP contribution < -0.4 is 10.1 Å². The number of anilines is 1. The van der Waals surface area contributed by atoms with Gasteiger partial charge in [0.05, 0.1) is 12.8 Å². The molecule has 0 saturated carbocycles. The zero-order valence-corrected chi connectivity index (χ0v) is 10.6. The second-order valence-corrected chi connectivity index (χ2v) is 5.03. The second-order valence-electron chi connectivity index (χ2n) is 5.03. The van der Waals surface area contributed by atoms with E-state index in [0.29, 0.717) is 0 Å². The van der Waals surface area contributed by atoms with Gasteiger partial charge in [0.25, 0.3) is 0 Å². The van der Waals surface area contributed by atoms with Crippen molar-refractivity contribution in [3.63, 3.8) is 0 Å². The van der Waals surface area contributed by atoms with Gasteiger partial charge in [0, 0.05) is 6.54 Å². The molecule has 0 fully saturated rings. The van der Waals surface area contributed by atoms with Crippen molar-refractivity contribution in [2.24, 2.45) is 11.8 Å². The zero-order chi connectivity index (χ0) is 11.7. The zero-order valence-electron chi connectivity index (χ0n) is 10.6. The summed E-state index contributed by atoms with van der Waals surface area (Å²) in [6.45, 7) is 7.84. The molecule has 0 aromatic heterocycles. The molecule has 0 bridgehead atoms. The highest BCUT2D eigenvalue weighted by molar-refractivity contribution is 5.65. The lowest BCUT2D eigenvalue weighted by atomic mass is 9.84. The van der Waals surface area contributed by atoms with Gasteiger partial charge < -0.3 is 10.1 Å². The molecule has 1 aromatic carbocycles. The van der Waals surface area contributed by atoms with Crippen LogP contribution >= 0.6 is 0 Å². The third kappa shape index (κ3) is 1.89. The monoisotopic (exact) mass is 219 g/mol. The maximum atomic E-state index is 5.40. The van der Waals surface area contributed by atoms with E-state index in [1.54, 1.807) is 7.11 Å². The van der Waals surface area contributed by atoms with Gasteiger partial charge in [-0.1, -0.05) is 19.9 Å². The Kier molecular flexibility index (Phi) is 3.08. The molecule has 1 aliphatic heterocycles. The summed E-state index contributed by atoms with van der Waals surface area (Å²) in [5.41, 5.74) is 4.01. The van der Waals surface area contributed by atoms with Crippen molar-refractivity contribution in [2.45, 2.75) is 27.2 Å². The Morgan fingerprint density at radius 3 is 2.75 bits per heavy atom. The first kappa shape index (κ1) is 11.3. The topological polar surface area (TPSA) is 21.3 Å². The fourth-order valence-corrected chi connectivity index (χ4v) is 2.40. The van der Waals surface area contributed by atoms with Gasteiger partial charge in [-0.25, -0.2) is 0 Å². The third-order valence-corrected chi connectivity index (χ3v) is 3.68. The van der Waals surface area contributed by atoms with Crippen LogP contribution in [0.15, 0.2) is 12.1 Å². The van der Waals surface area contributed by atoms with Crippen LogP contribution in [0.25, 0.3) is 0 Å². The molecule has 0 amide bonds. The minimum atomic E-state index is 0.728. The molecule has 1 N–H and O–H groups in total. The summed E-state index contributed by atoms with van der Waals surface area (Å²) in [4.78, 5) is 0. The lowest BCUT2D eigenvalue weighted by molar-refractivity contribution is 0.384. The number of methoxy groups -OCH3 is 1. The molecular weight excluding hydrogens is 198 g/mol. The molecule has 1 aliphatic rings. The summed E-state index contributed by atoms with van der Waals surface area (Å²) in [6.07, 6.45) is 1.17. The Labute approximate surface area is 98.0 Å². The van der Waals surface area contributed by atoms with Crippen LogP contribution in [0.4, 0.5) is 5.69 Å². The number of hydrogen-bond acceptors (Lipinski definition) is 2. The smallest absolute Gasteiger partial charge is 0.142 e.